The summed E-state index contributed by atoms with van der Waals surface area (Å²) in [4.78, 5) is 12.6. The summed E-state index contributed by atoms with van der Waals surface area (Å²) >= 11 is 0. The van der Waals surface area contributed by atoms with Crippen LogP contribution in [0.4, 0.5) is 5.69 Å². The number of nitrogens with zero attached hydrogens (tertiary/aromatic N) is 1. The zero-order valence-electron chi connectivity index (χ0n) is 12.9. The molecular formula is C17H23N3O. The molecule has 1 aromatic carbocycles. The summed E-state index contributed by atoms with van der Waals surface area (Å²) in [5.74, 6) is 0.189. The molecule has 3 unspecified atom stereocenters. The molecule has 0 saturated heterocycles. The zero-order chi connectivity index (χ0) is 15.6. The van der Waals surface area contributed by atoms with Gasteiger partial charge in [-0.15, -0.1) is 0 Å². The quantitative estimate of drug-likeness (QED) is 0.877. The van der Waals surface area contributed by atoms with Crippen molar-refractivity contribution in [3.8, 4) is 6.07 Å². The van der Waals surface area contributed by atoms with Crippen molar-refractivity contribution in [1.82, 2.24) is 0 Å². The fraction of sp³-hybridized carbons (Fsp3) is 0.529. The lowest BCUT2D eigenvalue weighted by atomic mass is 9.61. The summed E-state index contributed by atoms with van der Waals surface area (Å²) in [6.07, 6.45) is 1.65. The highest BCUT2D eigenvalue weighted by Gasteiger charge is 2.45. The van der Waals surface area contributed by atoms with E-state index in [4.69, 9.17) is 11.0 Å². The minimum atomic E-state index is -0.149. The SMILES string of the molecule is CC1C(N)CCC(C(=O)Nc2ccccc2C#N)C1(C)C. The number of hydrogen-bond acceptors (Lipinski definition) is 3. The molecule has 1 amide bonds. The molecule has 2 rings (SSSR count). The van der Waals surface area contributed by atoms with E-state index in [1.165, 1.54) is 0 Å². The molecule has 0 aromatic heterocycles. The molecule has 0 aliphatic heterocycles. The van der Waals surface area contributed by atoms with Gasteiger partial charge in [-0.3, -0.25) is 4.79 Å². The topological polar surface area (TPSA) is 78.9 Å². The summed E-state index contributed by atoms with van der Waals surface area (Å²) < 4.78 is 0. The van der Waals surface area contributed by atoms with E-state index in [2.05, 4.69) is 32.2 Å². The zero-order valence-corrected chi connectivity index (χ0v) is 12.9. The van der Waals surface area contributed by atoms with E-state index in [0.717, 1.165) is 12.8 Å². The Labute approximate surface area is 126 Å². The highest BCUT2D eigenvalue weighted by Crippen LogP contribution is 2.44. The van der Waals surface area contributed by atoms with E-state index < -0.39 is 0 Å². The molecule has 0 bridgehead atoms. The second-order valence-electron chi connectivity index (χ2n) is 6.55. The normalized spacial score (nSPS) is 27.7. The smallest absolute Gasteiger partial charge is 0.228 e. The van der Waals surface area contributed by atoms with Gasteiger partial charge in [0.1, 0.15) is 6.07 Å². The van der Waals surface area contributed by atoms with Gasteiger partial charge in [-0.25, -0.2) is 0 Å². The third-order valence-corrected chi connectivity index (χ3v) is 5.12. The van der Waals surface area contributed by atoms with Gasteiger partial charge in [0.05, 0.1) is 11.3 Å². The van der Waals surface area contributed by atoms with Crippen LogP contribution < -0.4 is 11.1 Å². The minimum absolute atomic E-state index is 0.0125. The Kier molecular flexibility index (Phi) is 4.34. The van der Waals surface area contributed by atoms with Crippen LogP contribution in [0, 0.1) is 28.6 Å². The highest BCUT2D eigenvalue weighted by molar-refractivity contribution is 5.94. The van der Waals surface area contributed by atoms with Crippen LogP contribution in [0.15, 0.2) is 24.3 Å². The molecule has 3 N–H and O–H groups in total. The van der Waals surface area contributed by atoms with Crippen LogP contribution in [-0.2, 0) is 4.79 Å². The molecule has 1 aromatic rings. The molecule has 1 saturated carbocycles. The Morgan fingerprint density at radius 1 is 1.38 bits per heavy atom. The number of nitrogens with two attached hydrogens (primary N) is 1. The number of benzene rings is 1. The number of carbonyl (C=O) groups excluding carboxylic acids is 1. The predicted octanol–water partition coefficient (Wildman–Crippen LogP) is 2.90. The van der Waals surface area contributed by atoms with Crippen molar-refractivity contribution >= 4 is 11.6 Å². The number of hydrogen-bond donors (Lipinski definition) is 2. The molecule has 1 aliphatic carbocycles. The molecule has 112 valence electrons. The largest absolute Gasteiger partial charge is 0.327 e. The average molecular weight is 285 g/mol. The van der Waals surface area contributed by atoms with Crippen LogP contribution in [0.2, 0.25) is 0 Å². The monoisotopic (exact) mass is 285 g/mol. The first kappa shape index (κ1) is 15.5. The van der Waals surface area contributed by atoms with Crippen LogP contribution >= 0.6 is 0 Å². The number of anilines is 1. The predicted molar refractivity (Wildman–Crippen MR) is 83.4 cm³/mol. The maximum atomic E-state index is 12.6. The average Bonchev–Trinajstić information content (AvgIpc) is 2.45. The standard InChI is InChI=1S/C17H23N3O/c1-11-14(19)9-8-13(17(11,2)3)16(21)20-15-7-5-4-6-12(15)10-18/h4-7,11,13-14H,8-9,19H2,1-3H3,(H,20,21). The van der Waals surface area contributed by atoms with Gasteiger partial charge >= 0.3 is 0 Å². The number of nitriles is 1. The summed E-state index contributed by atoms with van der Waals surface area (Å²) in [6.45, 7) is 6.33. The lowest BCUT2D eigenvalue weighted by Crippen LogP contribution is -2.50. The van der Waals surface area contributed by atoms with Gasteiger partial charge in [0.2, 0.25) is 5.91 Å². The Morgan fingerprint density at radius 2 is 2.05 bits per heavy atom. The Hall–Kier alpha value is -1.86. The van der Waals surface area contributed by atoms with Crippen molar-refractivity contribution in [2.75, 3.05) is 5.32 Å². The van der Waals surface area contributed by atoms with Crippen molar-refractivity contribution in [3.63, 3.8) is 0 Å². The second-order valence-corrected chi connectivity index (χ2v) is 6.55. The van der Waals surface area contributed by atoms with Gasteiger partial charge in [-0.1, -0.05) is 32.9 Å². The van der Waals surface area contributed by atoms with E-state index >= 15 is 0 Å². The first-order valence-corrected chi connectivity index (χ1v) is 7.43. The lowest BCUT2D eigenvalue weighted by Gasteiger charge is -2.46. The number of para-hydroxylation sites is 1. The highest BCUT2D eigenvalue weighted by atomic mass is 16.1. The van der Waals surface area contributed by atoms with Crippen LogP contribution in [-0.4, -0.2) is 11.9 Å². The summed E-state index contributed by atoms with van der Waals surface area (Å²) in [5, 5.41) is 12.0. The van der Waals surface area contributed by atoms with Crippen LogP contribution in [0.5, 0.6) is 0 Å². The van der Waals surface area contributed by atoms with Gasteiger partial charge in [-0.05, 0) is 36.3 Å². The molecule has 4 heteroatoms. The fourth-order valence-electron chi connectivity index (χ4n) is 3.23. The van der Waals surface area contributed by atoms with Gasteiger partial charge in [0, 0.05) is 12.0 Å². The first-order valence-electron chi connectivity index (χ1n) is 7.43. The molecule has 0 radical (unpaired) electrons. The summed E-state index contributed by atoms with van der Waals surface area (Å²) in [5.41, 5.74) is 7.07. The Morgan fingerprint density at radius 3 is 2.71 bits per heavy atom. The van der Waals surface area contributed by atoms with Gasteiger partial charge < -0.3 is 11.1 Å². The van der Waals surface area contributed by atoms with Crippen molar-refractivity contribution in [2.45, 2.75) is 39.7 Å². The van der Waals surface area contributed by atoms with Crippen LogP contribution in [0.25, 0.3) is 0 Å². The van der Waals surface area contributed by atoms with Gasteiger partial charge in [0.15, 0.2) is 0 Å². The maximum Gasteiger partial charge on any atom is 0.228 e. The number of rotatable bonds is 2. The lowest BCUT2D eigenvalue weighted by molar-refractivity contribution is -0.127. The first-order chi connectivity index (χ1) is 9.87. The Balaban J connectivity index is 2.19. The third kappa shape index (κ3) is 2.93. The van der Waals surface area contributed by atoms with E-state index in [0.29, 0.717) is 11.3 Å². The molecule has 1 aliphatic rings. The van der Waals surface area contributed by atoms with E-state index in [1.54, 1.807) is 18.2 Å². The number of amides is 1. The minimum Gasteiger partial charge on any atom is -0.327 e. The van der Waals surface area contributed by atoms with Crippen molar-refractivity contribution in [1.29, 1.82) is 5.26 Å². The van der Waals surface area contributed by atoms with E-state index in [9.17, 15) is 4.79 Å². The van der Waals surface area contributed by atoms with E-state index in [1.807, 2.05) is 6.07 Å². The Bertz CT molecular complexity index is 574. The number of nitrogens with one attached hydrogen (secondary N) is 1. The summed E-state index contributed by atoms with van der Waals surface area (Å²) in [6, 6.07) is 9.34. The van der Waals surface area contributed by atoms with Crippen LogP contribution in [0.1, 0.15) is 39.2 Å². The second kappa shape index (κ2) is 5.87. The molecule has 0 spiro atoms. The van der Waals surface area contributed by atoms with Crippen molar-refractivity contribution < 1.29 is 4.79 Å². The van der Waals surface area contributed by atoms with Gasteiger partial charge in [-0.2, -0.15) is 5.26 Å². The molecule has 0 heterocycles. The third-order valence-electron chi connectivity index (χ3n) is 5.12. The fourth-order valence-corrected chi connectivity index (χ4v) is 3.23. The molecule has 3 atom stereocenters. The molecule has 4 nitrogen and oxygen atoms in total. The molecule has 21 heavy (non-hydrogen) atoms. The van der Waals surface area contributed by atoms with Crippen molar-refractivity contribution in [3.05, 3.63) is 29.8 Å². The van der Waals surface area contributed by atoms with Gasteiger partial charge in [0.25, 0.3) is 0 Å². The van der Waals surface area contributed by atoms with Crippen LogP contribution in [0.3, 0.4) is 0 Å². The number of carbonyl (C=O) groups is 1. The van der Waals surface area contributed by atoms with E-state index in [-0.39, 0.29) is 29.2 Å². The summed E-state index contributed by atoms with van der Waals surface area (Å²) in [7, 11) is 0. The van der Waals surface area contributed by atoms with Crippen molar-refractivity contribution in [2.24, 2.45) is 23.0 Å². The maximum absolute atomic E-state index is 12.6. The molecule has 1 fully saturated rings. The molecular weight excluding hydrogens is 262 g/mol.